The molecule has 2 atom stereocenters. The minimum Gasteiger partial charge on any atom is -0.389 e. The molecule has 1 saturated heterocycles. The summed E-state index contributed by atoms with van der Waals surface area (Å²) in [4.78, 5) is 14.5. The maximum absolute atomic E-state index is 12.7. The van der Waals surface area contributed by atoms with Crippen molar-refractivity contribution in [3.8, 4) is 0 Å². The Hall–Kier alpha value is -0.580. The first-order valence-corrected chi connectivity index (χ1v) is 8.64. The monoisotopic (exact) mass is 371 g/mol. The first kappa shape index (κ1) is 15.3. The van der Waals surface area contributed by atoms with E-state index in [0.29, 0.717) is 30.1 Å². The number of hydrogen-bond acceptors (Lipinski definition) is 2. The first-order chi connectivity index (χ1) is 10.0. The molecule has 114 valence electrons. The molecule has 2 aliphatic rings. The molecule has 0 aromatic heterocycles. The summed E-state index contributed by atoms with van der Waals surface area (Å²) in [7, 11) is 0. The summed E-state index contributed by atoms with van der Waals surface area (Å²) in [5.74, 6) is 0.170. The van der Waals surface area contributed by atoms with Crippen LogP contribution in [0.2, 0.25) is 5.02 Å². The third kappa shape index (κ3) is 2.86. The number of rotatable bonds is 1. The Morgan fingerprint density at radius 1 is 1.38 bits per heavy atom. The molecule has 0 bridgehead atoms. The Balaban J connectivity index is 1.79. The Kier molecular flexibility index (Phi) is 4.30. The molecular formula is C16H19BrClNO2. The lowest BCUT2D eigenvalue weighted by atomic mass is 9.71. The number of benzene rings is 1. The van der Waals surface area contributed by atoms with E-state index in [9.17, 15) is 9.90 Å². The fourth-order valence-corrected chi connectivity index (χ4v) is 4.17. The largest absolute Gasteiger partial charge is 0.389 e. The van der Waals surface area contributed by atoms with Crippen molar-refractivity contribution in [3.05, 3.63) is 33.3 Å². The Morgan fingerprint density at radius 3 is 3.00 bits per heavy atom. The van der Waals surface area contributed by atoms with Crippen molar-refractivity contribution in [3.63, 3.8) is 0 Å². The molecule has 1 heterocycles. The van der Waals surface area contributed by atoms with Crippen molar-refractivity contribution in [2.75, 3.05) is 13.1 Å². The van der Waals surface area contributed by atoms with Crippen LogP contribution >= 0.6 is 27.5 Å². The summed E-state index contributed by atoms with van der Waals surface area (Å²) in [5.41, 5.74) is -0.0249. The van der Waals surface area contributed by atoms with Crippen LogP contribution in [-0.2, 0) is 0 Å². The Labute approximate surface area is 138 Å². The van der Waals surface area contributed by atoms with Crippen LogP contribution in [0.3, 0.4) is 0 Å². The number of carbonyl (C=O) groups is 1. The molecule has 1 amide bonds. The van der Waals surface area contributed by atoms with Gasteiger partial charge in [-0.1, -0.05) is 30.5 Å². The van der Waals surface area contributed by atoms with Crippen LogP contribution in [0.5, 0.6) is 0 Å². The van der Waals surface area contributed by atoms with Gasteiger partial charge in [0.2, 0.25) is 0 Å². The van der Waals surface area contributed by atoms with Gasteiger partial charge in [0.25, 0.3) is 5.91 Å². The summed E-state index contributed by atoms with van der Waals surface area (Å²) >= 11 is 9.59. The van der Waals surface area contributed by atoms with Gasteiger partial charge in [-0.3, -0.25) is 4.79 Å². The number of fused-ring (bicyclic) bond motifs is 1. The predicted molar refractivity (Wildman–Crippen MR) is 86.6 cm³/mol. The van der Waals surface area contributed by atoms with Gasteiger partial charge in [-0.05, 0) is 47.3 Å². The molecule has 2 unspecified atom stereocenters. The minimum absolute atomic E-state index is 0.0334. The number of aliphatic hydroxyl groups is 1. The number of halogens is 2. The van der Waals surface area contributed by atoms with E-state index >= 15 is 0 Å². The normalized spacial score (nSPS) is 29.1. The van der Waals surface area contributed by atoms with Crippen molar-refractivity contribution >= 4 is 33.4 Å². The van der Waals surface area contributed by atoms with Crippen LogP contribution in [0.25, 0.3) is 0 Å². The van der Waals surface area contributed by atoms with E-state index < -0.39 is 5.60 Å². The molecule has 5 heteroatoms. The van der Waals surface area contributed by atoms with E-state index in [2.05, 4.69) is 15.9 Å². The Bertz CT molecular complexity index is 565. The topological polar surface area (TPSA) is 40.5 Å². The average Bonchev–Trinajstić information content (AvgIpc) is 2.48. The van der Waals surface area contributed by atoms with Gasteiger partial charge < -0.3 is 10.0 Å². The van der Waals surface area contributed by atoms with Gasteiger partial charge in [-0.2, -0.15) is 0 Å². The summed E-state index contributed by atoms with van der Waals surface area (Å²) in [6, 6.07) is 5.41. The molecule has 3 rings (SSSR count). The smallest absolute Gasteiger partial charge is 0.255 e. The zero-order valence-corrected chi connectivity index (χ0v) is 14.2. The first-order valence-electron chi connectivity index (χ1n) is 7.47. The molecule has 1 saturated carbocycles. The number of likely N-dealkylation sites (tertiary alicyclic amines) is 1. The van der Waals surface area contributed by atoms with Gasteiger partial charge in [-0.25, -0.2) is 0 Å². The highest BCUT2D eigenvalue weighted by molar-refractivity contribution is 9.10. The molecule has 1 aliphatic heterocycles. The number of piperidine rings is 1. The van der Waals surface area contributed by atoms with Crippen molar-refractivity contribution in [2.24, 2.45) is 5.92 Å². The summed E-state index contributed by atoms with van der Waals surface area (Å²) < 4.78 is 0.737. The highest BCUT2D eigenvalue weighted by Crippen LogP contribution is 2.40. The lowest BCUT2D eigenvalue weighted by Crippen LogP contribution is -2.54. The summed E-state index contributed by atoms with van der Waals surface area (Å²) in [6.45, 7) is 1.24. The third-order valence-electron chi connectivity index (χ3n) is 4.90. The van der Waals surface area contributed by atoms with Crippen LogP contribution in [0.4, 0.5) is 0 Å². The van der Waals surface area contributed by atoms with E-state index in [1.54, 1.807) is 6.07 Å². The quantitative estimate of drug-likeness (QED) is 0.813. The predicted octanol–water partition coefficient (Wildman–Crippen LogP) is 3.87. The maximum Gasteiger partial charge on any atom is 0.255 e. The Morgan fingerprint density at radius 2 is 2.19 bits per heavy atom. The standard InChI is InChI=1S/C16H19BrClNO2/c17-13-6-3-5-12(14(13)18)15(20)19-9-8-16(21)7-2-1-4-11(16)10-19/h3,5-6,11,21H,1-2,4,7-10H2. The second-order valence-electron chi connectivity index (χ2n) is 6.15. The van der Waals surface area contributed by atoms with Crippen LogP contribution in [-0.4, -0.2) is 34.6 Å². The molecule has 1 N–H and O–H groups in total. The lowest BCUT2D eigenvalue weighted by Gasteiger charge is -2.47. The van der Waals surface area contributed by atoms with Crippen LogP contribution in [0.1, 0.15) is 42.5 Å². The maximum atomic E-state index is 12.7. The average molecular weight is 373 g/mol. The van der Waals surface area contributed by atoms with Gasteiger partial charge in [-0.15, -0.1) is 0 Å². The number of nitrogens with zero attached hydrogens (tertiary/aromatic N) is 1. The van der Waals surface area contributed by atoms with E-state index in [0.717, 1.165) is 30.2 Å². The molecule has 0 spiro atoms. The van der Waals surface area contributed by atoms with Gasteiger partial charge in [0.15, 0.2) is 0 Å². The second kappa shape index (κ2) is 5.90. The van der Waals surface area contributed by atoms with Gasteiger partial charge in [0, 0.05) is 23.5 Å². The molecule has 3 nitrogen and oxygen atoms in total. The van der Waals surface area contributed by atoms with Crippen molar-refractivity contribution in [1.29, 1.82) is 0 Å². The molecule has 0 radical (unpaired) electrons. The number of hydrogen-bond donors (Lipinski definition) is 1. The van der Waals surface area contributed by atoms with Gasteiger partial charge in [0.05, 0.1) is 16.2 Å². The molecule has 1 aromatic carbocycles. The van der Waals surface area contributed by atoms with E-state index in [-0.39, 0.29) is 11.8 Å². The van der Waals surface area contributed by atoms with E-state index in [1.165, 1.54) is 0 Å². The SMILES string of the molecule is O=C(c1cccc(Br)c1Cl)N1CCC2(O)CCCCC2C1. The fourth-order valence-electron chi connectivity index (χ4n) is 3.59. The minimum atomic E-state index is -0.559. The lowest BCUT2D eigenvalue weighted by molar-refractivity contribution is -0.0886. The molecule has 2 fully saturated rings. The molecule has 1 aromatic rings. The zero-order chi connectivity index (χ0) is 15.0. The van der Waals surface area contributed by atoms with Crippen LogP contribution in [0.15, 0.2) is 22.7 Å². The highest BCUT2D eigenvalue weighted by Gasteiger charge is 2.43. The van der Waals surface area contributed by atoms with Crippen LogP contribution in [0, 0.1) is 5.92 Å². The van der Waals surface area contributed by atoms with E-state index in [1.807, 2.05) is 17.0 Å². The highest BCUT2D eigenvalue weighted by atomic mass is 79.9. The molecular weight excluding hydrogens is 354 g/mol. The third-order valence-corrected chi connectivity index (χ3v) is 6.19. The number of amides is 1. The van der Waals surface area contributed by atoms with Gasteiger partial charge in [0.1, 0.15) is 0 Å². The fraction of sp³-hybridized carbons (Fsp3) is 0.562. The van der Waals surface area contributed by atoms with Crippen LogP contribution < -0.4 is 0 Å². The zero-order valence-electron chi connectivity index (χ0n) is 11.8. The van der Waals surface area contributed by atoms with Gasteiger partial charge >= 0.3 is 0 Å². The van der Waals surface area contributed by atoms with Crippen molar-refractivity contribution in [2.45, 2.75) is 37.7 Å². The second-order valence-corrected chi connectivity index (χ2v) is 7.38. The summed E-state index contributed by atoms with van der Waals surface area (Å²) in [5, 5.41) is 11.2. The summed E-state index contributed by atoms with van der Waals surface area (Å²) in [6.07, 6.45) is 4.80. The molecule has 1 aliphatic carbocycles. The number of carbonyl (C=O) groups excluding carboxylic acids is 1. The molecule has 21 heavy (non-hydrogen) atoms. The van der Waals surface area contributed by atoms with E-state index in [4.69, 9.17) is 11.6 Å². The van der Waals surface area contributed by atoms with Crippen molar-refractivity contribution < 1.29 is 9.90 Å². The van der Waals surface area contributed by atoms with Crippen molar-refractivity contribution in [1.82, 2.24) is 4.90 Å².